The van der Waals surface area contributed by atoms with Crippen LogP contribution in [0.4, 0.5) is 37.7 Å². The Bertz CT molecular complexity index is 1470. The summed E-state index contributed by atoms with van der Waals surface area (Å²) in [5.41, 5.74) is 1.25. The van der Waals surface area contributed by atoms with Gasteiger partial charge in [0.15, 0.2) is 0 Å². The molecule has 0 aliphatic carbocycles. The minimum atomic E-state index is -4.47. The van der Waals surface area contributed by atoms with E-state index in [0.717, 1.165) is 36.4 Å². The second-order valence-electron chi connectivity index (χ2n) is 14.0. The van der Waals surface area contributed by atoms with Crippen molar-refractivity contribution in [3.63, 3.8) is 0 Å². The van der Waals surface area contributed by atoms with Gasteiger partial charge in [0.1, 0.15) is 0 Å². The van der Waals surface area contributed by atoms with Gasteiger partial charge >= 0.3 is 12.4 Å². The van der Waals surface area contributed by atoms with Gasteiger partial charge < -0.3 is 10.2 Å². The monoisotopic (exact) mass is 646 g/mol. The number of alkyl halides is 6. The molecule has 2 nitrogen and oxygen atoms in total. The molecule has 2 aromatic carbocycles. The summed E-state index contributed by atoms with van der Waals surface area (Å²) in [4.78, 5) is 2.10. The number of rotatable bonds is 12. The summed E-state index contributed by atoms with van der Waals surface area (Å²) >= 11 is 0. The van der Waals surface area contributed by atoms with Crippen LogP contribution in [0.1, 0.15) is 90.5 Å². The number of halogens is 6. The number of hydrogen-bond donors (Lipinski definition) is 1. The Morgan fingerprint density at radius 2 is 1.43 bits per heavy atom. The van der Waals surface area contributed by atoms with Gasteiger partial charge in [0, 0.05) is 41.0 Å². The third-order valence-electron chi connectivity index (χ3n) is 8.78. The van der Waals surface area contributed by atoms with Crippen molar-refractivity contribution in [2.75, 3.05) is 23.3 Å². The first-order valence-electron chi connectivity index (χ1n) is 15.9. The molecule has 3 rings (SSSR count). The molecule has 0 unspecified atom stereocenters. The quantitative estimate of drug-likeness (QED) is 0.182. The number of nitrogens with one attached hydrogen (secondary N) is 1. The molecule has 0 atom stereocenters. The summed E-state index contributed by atoms with van der Waals surface area (Å²) in [6.45, 7) is 21.5. The van der Waals surface area contributed by atoms with Crippen LogP contribution in [0.3, 0.4) is 0 Å². The van der Waals surface area contributed by atoms with Crippen molar-refractivity contribution >= 4 is 11.4 Å². The molecule has 1 aliphatic heterocycles. The number of anilines is 2. The van der Waals surface area contributed by atoms with Crippen molar-refractivity contribution in [1.29, 1.82) is 0 Å². The van der Waals surface area contributed by atoms with Crippen LogP contribution in [-0.4, -0.2) is 13.1 Å². The standard InChI is InChI=1S/C38H48F6N2/c1-25(2)19-21-45-32-17-15-28(37(39,40)41)23-30(32)35(6,7)27(5)13-11-10-12-14-34-36(8,9)31-24-29(38(42,43)44)16-18-33(31)46(34)22-20-26(3)4/h10-18,23-26,45H,5,19-22H2,1-4,6-9H3/b12-10+,13-11+,34-14+. The molecule has 0 aromatic heterocycles. The van der Waals surface area contributed by atoms with E-state index < -0.39 is 34.3 Å². The average molecular weight is 647 g/mol. The van der Waals surface area contributed by atoms with Gasteiger partial charge in [-0.15, -0.1) is 0 Å². The molecule has 0 saturated carbocycles. The number of benzene rings is 2. The number of allylic oxidation sites excluding steroid dienone is 7. The Labute approximate surface area is 271 Å². The summed E-state index contributed by atoms with van der Waals surface area (Å²) < 4.78 is 81.7. The molecule has 0 saturated heterocycles. The number of nitrogens with zero attached hydrogens (tertiary/aromatic N) is 1. The zero-order chi connectivity index (χ0) is 34.7. The smallest absolute Gasteiger partial charge is 0.385 e. The van der Waals surface area contributed by atoms with Gasteiger partial charge in [-0.3, -0.25) is 0 Å². The summed E-state index contributed by atoms with van der Waals surface area (Å²) in [6.07, 6.45) is 2.00. The van der Waals surface area contributed by atoms with Crippen LogP contribution in [0.25, 0.3) is 0 Å². The summed E-state index contributed by atoms with van der Waals surface area (Å²) in [6, 6.07) is 7.76. The molecule has 46 heavy (non-hydrogen) atoms. The maximum Gasteiger partial charge on any atom is 0.416 e. The number of hydrogen-bond acceptors (Lipinski definition) is 2. The average Bonchev–Trinajstić information content (AvgIpc) is 3.15. The van der Waals surface area contributed by atoms with E-state index in [1.54, 1.807) is 18.2 Å². The molecule has 252 valence electrons. The Hall–Kier alpha value is -3.42. The molecule has 0 spiro atoms. The lowest BCUT2D eigenvalue weighted by Crippen LogP contribution is -2.27. The Morgan fingerprint density at radius 3 is 2.02 bits per heavy atom. The fraction of sp³-hybridized carbons (Fsp3) is 0.474. The van der Waals surface area contributed by atoms with Crippen LogP contribution in [0.15, 0.2) is 84.6 Å². The molecule has 0 radical (unpaired) electrons. The molecule has 0 fully saturated rings. The van der Waals surface area contributed by atoms with E-state index in [0.29, 0.717) is 47.3 Å². The SMILES string of the molecule is C=C(/C=C/C=C/C=C1/N(CCC(C)C)c2ccc(C(F)(F)F)cc2C1(C)C)C(C)(C)c1cc(C(F)(F)F)ccc1NCCC(C)C. The van der Waals surface area contributed by atoms with Crippen molar-refractivity contribution in [3.8, 4) is 0 Å². The first kappa shape index (κ1) is 37.0. The molecule has 0 bridgehead atoms. The van der Waals surface area contributed by atoms with Crippen molar-refractivity contribution in [3.05, 3.63) is 107 Å². The highest BCUT2D eigenvalue weighted by Gasteiger charge is 2.42. The molecule has 2 aromatic rings. The van der Waals surface area contributed by atoms with Gasteiger partial charge in [-0.2, -0.15) is 26.3 Å². The van der Waals surface area contributed by atoms with Gasteiger partial charge in [0.2, 0.25) is 0 Å². The van der Waals surface area contributed by atoms with Crippen LogP contribution >= 0.6 is 0 Å². The summed E-state index contributed by atoms with van der Waals surface area (Å²) in [5, 5.41) is 3.32. The van der Waals surface area contributed by atoms with Gasteiger partial charge in [-0.1, -0.05) is 86.3 Å². The molecular weight excluding hydrogens is 598 g/mol. The fourth-order valence-electron chi connectivity index (χ4n) is 5.63. The first-order chi connectivity index (χ1) is 21.2. The third-order valence-corrected chi connectivity index (χ3v) is 8.78. The predicted octanol–water partition coefficient (Wildman–Crippen LogP) is 11.9. The second-order valence-corrected chi connectivity index (χ2v) is 14.0. The second kappa shape index (κ2) is 14.1. The van der Waals surface area contributed by atoms with E-state index in [1.807, 2.05) is 45.9 Å². The zero-order valence-corrected chi connectivity index (χ0v) is 28.3. The maximum absolute atomic E-state index is 13.7. The molecule has 1 heterocycles. The Kier molecular flexibility index (Phi) is 11.4. The van der Waals surface area contributed by atoms with Crippen molar-refractivity contribution in [1.82, 2.24) is 0 Å². The highest BCUT2D eigenvalue weighted by molar-refractivity contribution is 5.71. The molecule has 1 aliphatic rings. The first-order valence-corrected chi connectivity index (χ1v) is 15.9. The van der Waals surface area contributed by atoms with E-state index in [1.165, 1.54) is 18.2 Å². The van der Waals surface area contributed by atoms with Gasteiger partial charge in [-0.25, -0.2) is 0 Å². The van der Waals surface area contributed by atoms with E-state index in [4.69, 9.17) is 0 Å². The van der Waals surface area contributed by atoms with E-state index in [9.17, 15) is 26.3 Å². The van der Waals surface area contributed by atoms with E-state index in [-0.39, 0.29) is 0 Å². The molecule has 1 N–H and O–H groups in total. The third kappa shape index (κ3) is 8.68. The van der Waals surface area contributed by atoms with Crippen LogP contribution in [0.5, 0.6) is 0 Å². The lowest BCUT2D eigenvalue weighted by atomic mass is 9.76. The van der Waals surface area contributed by atoms with Crippen LogP contribution < -0.4 is 10.2 Å². The van der Waals surface area contributed by atoms with Gasteiger partial charge in [0.25, 0.3) is 0 Å². The van der Waals surface area contributed by atoms with E-state index >= 15 is 0 Å². The topological polar surface area (TPSA) is 15.3 Å². The van der Waals surface area contributed by atoms with Gasteiger partial charge in [0.05, 0.1) is 11.1 Å². The summed E-state index contributed by atoms with van der Waals surface area (Å²) in [5.74, 6) is 0.861. The minimum absolute atomic E-state index is 0.415. The normalized spacial score (nSPS) is 16.4. The minimum Gasteiger partial charge on any atom is -0.385 e. The van der Waals surface area contributed by atoms with Crippen LogP contribution in [0.2, 0.25) is 0 Å². The lowest BCUT2D eigenvalue weighted by Gasteiger charge is -2.30. The van der Waals surface area contributed by atoms with Crippen molar-refractivity contribution < 1.29 is 26.3 Å². The molecular formula is C38H48F6N2. The Morgan fingerprint density at radius 1 is 0.848 bits per heavy atom. The highest BCUT2D eigenvalue weighted by Crippen LogP contribution is 2.49. The van der Waals surface area contributed by atoms with Gasteiger partial charge in [-0.05, 0) is 83.9 Å². The molecule has 0 amide bonds. The Balaban J connectivity index is 1.90. The van der Waals surface area contributed by atoms with Crippen molar-refractivity contribution in [2.45, 2.75) is 91.4 Å². The number of fused-ring (bicyclic) bond motifs is 1. The highest BCUT2D eigenvalue weighted by atomic mass is 19.4. The fourth-order valence-corrected chi connectivity index (χ4v) is 5.63. The van der Waals surface area contributed by atoms with Crippen LogP contribution in [0, 0.1) is 11.8 Å². The summed E-state index contributed by atoms with van der Waals surface area (Å²) in [7, 11) is 0. The van der Waals surface area contributed by atoms with Crippen LogP contribution in [-0.2, 0) is 23.2 Å². The van der Waals surface area contributed by atoms with E-state index in [2.05, 4.69) is 44.5 Å². The molecule has 8 heteroatoms. The zero-order valence-electron chi connectivity index (χ0n) is 28.3. The lowest BCUT2D eigenvalue weighted by molar-refractivity contribution is -0.138. The maximum atomic E-state index is 13.7. The predicted molar refractivity (Wildman–Crippen MR) is 179 cm³/mol. The van der Waals surface area contributed by atoms with Crippen molar-refractivity contribution in [2.24, 2.45) is 11.8 Å². The largest absolute Gasteiger partial charge is 0.416 e.